The van der Waals surface area contributed by atoms with Crippen LogP contribution < -0.4 is 10.1 Å². The summed E-state index contributed by atoms with van der Waals surface area (Å²) in [5, 5.41) is 3.44. The topological polar surface area (TPSA) is 21.3 Å². The van der Waals surface area contributed by atoms with Crippen LogP contribution >= 0.6 is 11.8 Å². The van der Waals surface area contributed by atoms with E-state index in [2.05, 4.69) is 23.2 Å². The van der Waals surface area contributed by atoms with Gasteiger partial charge in [0.25, 0.3) is 0 Å². The summed E-state index contributed by atoms with van der Waals surface area (Å²) in [5.41, 5.74) is 1.07. The van der Waals surface area contributed by atoms with Gasteiger partial charge in [-0.15, -0.1) is 0 Å². The van der Waals surface area contributed by atoms with Crippen LogP contribution in [0.5, 0.6) is 5.75 Å². The Bertz CT molecular complexity index is 332. The van der Waals surface area contributed by atoms with Gasteiger partial charge < -0.3 is 10.1 Å². The van der Waals surface area contributed by atoms with Crippen LogP contribution in [0.1, 0.15) is 18.9 Å². The first-order valence-electron chi connectivity index (χ1n) is 5.91. The average molecular weight is 275 g/mol. The molecule has 0 aliphatic carbocycles. The molecule has 1 atom stereocenters. The zero-order valence-corrected chi connectivity index (χ0v) is 11.5. The largest absolute Gasteiger partial charge is 0.435 e. The standard InChI is InChI=1S/C13H19F2NOS/c1-3-11(9-18-2)16-8-10-4-6-12(7-5-10)17-13(14)15/h4-7,11,13,16H,3,8-9H2,1-2H3. The third-order valence-corrected chi connectivity index (χ3v) is 3.34. The molecular weight excluding hydrogens is 256 g/mol. The Balaban J connectivity index is 2.43. The van der Waals surface area contributed by atoms with E-state index in [-0.39, 0.29) is 5.75 Å². The molecule has 0 bridgehead atoms. The van der Waals surface area contributed by atoms with Gasteiger partial charge in [-0.2, -0.15) is 20.5 Å². The van der Waals surface area contributed by atoms with Crippen LogP contribution in [0.4, 0.5) is 8.78 Å². The lowest BCUT2D eigenvalue weighted by atomic mass is 10.2. The Morgan fingerprint density at radius 1 is 1.28 bits per heavy atom. The molecule has 0 saturated heterocycles. The number of rotatable bonds is 8. The van der Waals surface area contributed by atoms with Crippen LogP contribution in [-0.2, 0) is 6.54 Å². The minimum Gasteiger partial charge on any atom is -0.435 e. The molecule has 2 nitrogen and oxygen atoms in total. The fraction of sp³-hybridized carbons (Fsp3) is 0.538. The van der Waals surface area contributed by atoms with Crippen molar-refractivity contribution >= 4 is 11.8 Å². The van der Waals surface area contributed by atoms with E-state index in [0.717, 1.165) is 24.3 Å². The number of nitrogens with one attached hydrogen (secondary N) is 1. The smallest absolute Gasteiger partial charge is 0.387 e. The summed E-state index contributed by atoms with van der Waals surface area (Å²) < 4.78 is 28.2. The number of halogens is 2. The van der Waals surface area contributed by atoms with Gasteiger partial charge >= 0.3 is 6.61 Å². The lowest BCUT2D eigenvalue weighted by Crippen LogP contribution is -2.30. The second kappa shape index (κ2) is 8.32. The highest BCUT2D eigenvalue weighted by molar-refractivity contribution is 7.98. The minimum absolute atomic E-state index is 0.199. The van der Waals surface area contributed by atoms with Gasteiger partial charge in [-0.05, 0) is 30.4 Å². The normalized spacial score (nSPS) is 12.7. The zero-order valence-electron chi connectivity index (χ0n) is 10.7. The summed E-state index contributed by atoms with van der Waals surface area (Å²) >= 11 is 1.81. The maximum absolute atomic E-state index is 12.0. The van der Waals surface area contributed by atoms with Crippen LogP contribution in [0.3, 0.4) is 0 Å². The van der Waals surface area contributed by atoms with Gasteiger partial charge in [0.2, 0.25) is 0 Å². The van der Waals surface area contributed by atoms with Crippen LogP contribution in [0.2, 0.25) is 0 Å². The highest BCUT2D eigenvalue weighted by atomic mass is 32.2. The molecule has 0 heterocycles. The van der Waals surface area contributed by atoms with Crippen molar-refractivity contribution in [3.05, 3.63) is 29.8 Å². The van der Waals surface area contributed by atoms with E-state index in [9.17, 15) is 8.78 Å². The Labute approximate surface area is 111 Å². The third kappa shape index (κ3) is 5.69. The molecule has 102 valence electrons. The molecule has 1 aromatic carbocycles. The lowest BCUT2D eigenvalue weighted by Gasteiger charge is -2.15. The van der Waals surface area contributed by atoms with Gasteiger partial charge in [-0.25, -0.2) is 0 Å². The summed E-state index contributed by atoms with van der Waals surface area (Å²) in [6, 6.07) is 7.22. The fourth-order valence-electron chi connectivity index (χ4n) is 1.57. The number of hydrogen-bond acceptors (Lipinski definition) is 3. The molecule has 0 aliphatic heterocycles. The molecule has 0 fully saturated rings. The monoisotopic (exact) mass is 275 g/mol. The van der Waals surface area contributed by atoms with E-state index in [1.54, 1.807) is 24.3 Å². The van der Waals surface area contributed by atoms with Crippen LogP contribution in [0.15, 0.2) is 24.3 Å². The first-order valence-corrected chi connectivity index (χ1v) is 7.31. The van der Waals surface area contributed by atoms with E-state index in [0.29, 0.717) is 6.04 Å². The van der Waals surface area contributed by atoms with Crippen molar-refractivity contribution in [1.29, 1.82) is 0 Å². The summed E-state index contributed by atoms with van der Waals surface area (Å²) in [5.74, 6) is 1.27. The van der Waals surface area contributed by atoms with Gasteiger partial charge in [-0.3, -0.25) is 0 Å². The van der Waals surface area contributed by atoms with Crippen LogP contribution in [-0.4, -0.2) is 24.7 Å². The molecule has 1 aromatic rings. The molecule has 5 heteroatoms. The zero-order chi connectivity index (χ0) is 13.4. The average Bonchev–Trinajstić information content (AvgIpc) is 2.35. The third-order valence-electron chi connectivity index (χ3n) is 2.60. The Kier molecular flexibility index (Phi) is 7.05. The SMILES string of the molecule is CCC(CSC)NCc1ccc(OC(F)F)cc1. The van der Waals surface area contributed by atoms with Gasteiger partial charge in [-0.1, -0.05) is 19.1 Å². The van der Waals surface area contributed by atoms with E-state index >= 15 is 0 Å². The van der Waals surface area contributed by atoms with Crippen molar-refractivity contribution < 1.29 is 13.5 Å². The van der Waals surface area contributed by atoms with Gasteiger partial charge in [0.05, 0.1) is 0 Å². The maximum Gasteiger partial charge on any atom is 0.387 e. The molecule has 1 unspecified atom stereocenters. The molecule has 1 N–H and O–H groups in total. The lowest BCUT2D eigenvalue weighted by molar-refractivity contribution is -0.0498. The second-order valence-electron chi connectivity index (χ2n) is 3.96. The van der Waals surface area contributed by atoms with Crippen LogP contribution in [0.25, 0.3) is 0 Å². The summed E-state index contributed by atoms with van der Waals surface area (Å²) in [4.78, 5) is 0. The quantitative estimate of drug-likeness (QED) is 0.784. The maximum atomic E-state index is 12.0. The molecule has 0 saturated carbocycles. The van der Waals surface area contributed by atoms with Gasteiger partial charge in [0.15, 0.2) is 0 Å². The number of benzene rings is 1. The number of hydrogen-bond donors (Lipinski definition) is 1. The van der Waals surface area contributed by atoms with Crippen molar-refractivity contribution in [1.82, 2.24) is 5.32 Å². The van der Waals surface area contributed by atoms with E-state index < -0.39 is 6.61 Å². The van der Waals surface area contributed by atoms with Crippen molar-refractivity contribution in [2.45, 2.75) is 32.5 Å². The van der Waals surface area contributed by atoms with Crippen molar-refractivity contribution in [2.24, 2.45) is 0 Å². The number of thioether (sulfide) groups is 1. The van der Waals surface area contributed by atoms with Crippen LogP contribution in [0, 0.1) is 0 Å². The van der Waals surface area contributed by atoms with Crippen molar-refractivity contribution in [3.8, 4) is 5.75 Å². The Morgan fingerprint density at radius 2 is 1.94 bits per heavy atom. The molecule has 0 spiro atoms. The number of ether oxygens (including phenoxy) is 1. The first-order chi connectivity index (χ1) is 8.65. The molecular formula is C13H19F2NOS. The molecule has 18 heavy (non-hydrogen) atoms. The molecule has 0 aromatic heterocycles. The highest BCUT2D eigenvalue weighted by Crippen LogP contribution is 2.15. The summed E-state index contributed by atoms with van der Waals surface area (Å²) in [7, 11) is 0. The minimum atomic E-state index is -2.76. The molecule has 0 radical (unpaired) electrons. The van der Waals surface area contributed by atoms with Crippen molar-refractivity contribution in [3.63, 3.8) is 0 Å². The predicted octanol–water partition coefficient (Wildman–Crippen LogP) is 3.52. The fourth-order valence-corrected chi connectivity index (χ4v) is 2.33. The molecule has 1 rings (SSSR count). The molecule has 0 aliphatic rings. The Hall–Kier alpha value is -0.810. The number of alkyl halides is 2. The van der Waals surface area contributed by atoms with Gasteiger partial charge in [0.1, 0.15) is 5.75 Å². The molecule has 0 amide bonds. The summed E-state index contributed by atoms with van der Waals surface area (Å²) in [6.45, 7) is 0.126. The second-order valence-corrected chi connectivity index (χ2v) is 4.87. The Morgan fingerprint density at radius 3 is 2.44 bits per heavy atom. The van der Waals surface area contributed by atoms with Gasteiger partial charge in [0, 0.05) is 18.3 Å². The first kappa shape index (κ1) is 15.2. The van der Waals surface area contributed by atoms with E-state index in [4.69, 9.17) is 0 Å². The van der Waals surface area contributed by atoms with Crippen molar-refractivity contribution in [2.75, 3.05) is 12.0 Å². The summed E-state index contributed by atoms with van der Waals surface area (Å²) in [6.07, 6.45) is 3.16. The van der Waals surface area contributed by atoms with E-state index in [1.165, 1.54) is 0 Å². The highest BCUT2D eigenvalue weighted by Gasteiger charge is 2.06. The van der Waals surface area contributed by atoms with E-state index in [1.807, 2.05) is 11.8 Å². The predicted molar refractivity (Wildman–Crippen MR) is 72.4 cm³/mol.